The molecule has 1 amide bonds. The summed E-state index contributed by atoms with van der Waals surface area (Å²) in [6.45, 7) is 8.53. The molecule has 14 heavy (non-hydrogen) atoms. The topological polar surface area (TPSA) is 67.1 Å². The maximum Gasteiger partial charge on any atom is 0.236 e. The highest BCUT2D eigenvalue weighted by molar-refractivity contribution is 5.81. The summed E-state index contributed by atoms with van der Waals surface area (Å²) in [7, 11) is 0. The predicted octanol–water partition coefficient (Wildman–Crippen LogP) is 0.0855. The highest BCUT2D eigenvalue weighted by Gasteiger charge is 2.13. The van der Waals surface area contributed by atoms with Gasteiger partial charge < -0.3 is 16.4 Å². The quantitative estimate of drug-likeness (QED) is 0.511. The third-order valence-electron chi connectivity index (χ3n) is 1.91. The fraction of sp³-hybridized carbons (Fsp3) is 0.900. The van der Waals surface area contributed by atoms with Crippen LogP contribution < -0.4 is 16.4 Å². The molecule has 0 fully saturated rings. The number of nitrogens with two attached hydrogens (primary N) is 1. The largest absolute Gasteiger partial charge is 0.353 e. The van der Waals surface area contributed by atoms with Crippen LogP contribution >= 0.6 is 0 Å². The van der Waals surface area contributed by atoms with Gasteiger partial charge in [-0.15, -0.1) is 0 Å². The van der Waals surface area contributed by atoms with Gasteiger partial charge in [-0.25, -0.2) is 0 Å². The summed E-state index contributed by atoms with van der Waals surface area (Å²) in [6.07, 6.45) is 0.743. The lowest BCUT2D eigenvalue weighted by Gasteiger charge is -2.14. The van der Waals surface area contributed by atoms with Gasteiger partial charge in [0.05, 0.1) is 6.04 Å². The molecule has 0 unspecified atom stereocenters. The smallest absolute Gasteiger partial charge is 0.236 e. The molecular formula is C10H23N3O. The molecule has 4 heteroatoms. The molecule has 4 N–H and O–H groups in total. The van der Waals surface area contributed by atoms with Crippen molar-refractivity contribution < 1.29 is 4.79 Å². The molecule has 0 aromatic heterocycles. The number of nitrogens with one attached hydrogen (secondary N) is 2. The predicted molar refractivity (Wildman–Crippen MR) is 59.0 cm³/mol. The summed E-state index contributed by atoms with van der Waals surface area (Å²) in [4.78, 5) is 11.4. The molecule has 0 aliphatic rings. The third kappa shape index (κ3) is 6.86. The van der Waals surface area contributed by atoms with E-state index in [-0.39, 0.29) is 11.9 Å². The third-order valence-corrected chi connectivity index (χ3v) is 1.91. The Hall–Kier alpha value is -0.610. The Balaban J connectivity index is 3.52. The molecule has 0 spiro atoms. The molecule has 1 atom stereocenters. The first-order chi connectivity index (χ1) is 6.57. The summed E-state index contributed by atoms with van der Waals surface area (Å²) in [5, 5.41) is 5.92. The fourth-order valence-electron chi connectivity index (χ4n) is 1.20. The molecule has 84 valence electrons. The molecule has 0 radical (unpaired) electrons. The molecule has 0 aliphatic heterocycles. The van der Waals surface area contributed by atoms with Gasteiger partial charge >= 0.3 is 0 Å². The average molecular weight is 201 g/mol. The lowest BCUT2D eigenvalue weighted by atomic mass is 10.0. The number of likely N-dealkylation sites (N-methyl/N-ethyl adjacent to an activating group) is 1. The molecule has 0 saturated carbocycles. The van der Waals surface area contributed by atoms with Crippen LogP contribution in [0.4, 0.5) is 0 Å². The summed E-state index contributed by atoms with van der Waals surface area (Å²) in [5.41, 5.74) is 5.70. The fourth-order valence-corrected chi connectivity index (χ4v) is 1.20. The van der Waals surface area contributed by atoms with E-state index in [1.54, 1.807) is 0 Å². The Morgan fingerprint density at radius 2 is 2.00 bits per heavy atom. The lowest BCUT2D eigenvalue weighted by Crippen LogP contribution is -2.43. The highest BCUT2D eigenvalue weighted by atomic mass is 16.2. The zero-order valence-corrected chi connectivity index (χ0v) is 9.47. The van der Waals surface area contributed by atoms with Crippen molar-refractivity contribution in [1.82, 2.24) is 10.6 Å². The number of amides is 1. The van der Waals surface area contributed by atoms with Crippen LogP contribution in [0, 0.1) is 5.92 Å². The monoisotopic (exact) mass is 201 g/mol. The van der Waals surface area contributed by atoms with Crippen molar-refractivity contribution >= 4 is 5.91 Å². The minimum atomic E-state index is -0.364. The highest BCUT2D eigenvalue weighted by Crippen LogP contribution is 2.01. The van der Waals surface area contributed by atoms with Crippen molar-refractivity contribution in [2.24, 2.45) is 11.7 Å². The van der Waals surface area contributed by atoms with Crippen LogP contribution in [0.5, 0.6) is 0 Å². The number of carbonyl (C=O) groups excluding carboxylic acids is 1. The van der Waals surface area contributed by atoms with Gasteiger partial charge in [0.15, 0.2) is 0 Å². The number of hydrogen-bond donors (Lipinski definition) is 3. The number of carbonyl (C=O) groups is 1. The summed E-state index contributed by atoms with van der Waals surface area (Å²) in [5.74, 6) is 0.418. The van der Waals surface area contributed by atoms with E-state index in [0.717, 1.165) is 19.5 Å². The van der Waals surface area contributed by atoms with Crippen molar-refractivity contribution in [3.05, 3.63) is 0 Å². The van der Waals surface area contributed by atoms with Crippen LogP contribution in [-0.2, 0) is 4.79 Å². The maximum atomic E-state index is 11.4. The minimum Gasteiger partial charge on any atom is -0.353 e. The van der Waals surface area contributed by atoms with Gasteiger partial charge in [0.25, 0.3) is 0 Å². The van der Waals surface area contributed by atoms with E-state index in [4.69, 9.17) is 5.73 Å². The van der Waals surface area contributed by atoms with E-state index in [0.29, 0.717) is 12.5 Å². The van der Waals surface area contributed by atoms with Gasteiger partial charge in [-0.3, -0.25) is 4.79 Å². The second-order valence-electron chi connectivity index (χ2n) is 3.88. The minimum absolute atomic E-state index is 0.0448. The maximum absolute atomic E-state index is 11.4. The van der Waals surface area contributed by atoms with Crippen LogP contribution in [0.25, 0.3) is 0 Å². The van der Waals surface area contributed by atoms with Crippen LogP contribution in [0.15, 0.2) is 0 Å². The van der Waals surface area contributed by atoms with Gasteiger partial charge in [-0.1, -0.05) is 20.8 Å². The summed E-state index contributed by atoms with van der Waals surface area (Å²) < 4.78 is 0. The van der Waals surface area contributed by atoms with E-state index >= 15 is 0 Å². The summed E-state index contributed by atoms with van der Waals surface area (Å²) in [6, 6.07) is -0.364. The van der Waals surface area contributed by atoms with Gasteiger partial charge in [-0.05, 0) is 18.9 Å². The van der Waals surface area contributed by atoms with E-state index in [2.05, 4.69) is 24.5 Å². The van der Waals surface area contributed by atoms with Crippen molar-refractivity contribution in [2.45, 2.75) is 33.2 Å². The van der Waals surface area contributed by atoms with E-state index in [1.807, 2.05) is 6.92 Å². The first kappa shape index (κ1) is 13.4. The van der Waals surface area contributed by atoms with Crippen molar-refractivity contribution in [1.29, 1.82) is 0 Å². The molecule has 0 heterocycles. The van der Waals surface area contributed by atoms with Gasteiger partial charge in [0, 0.05) is 13.1 Å². The molecule has 0 aromatic rings. The molecule has 0 bridgehead atoms. The molecular weight excluding hydrogens is 178 g/mol. The van der Waals surface area contributed by atoms with Crippen molar-refractivity contribution in [3.63, 3.8) is 0 Å². The van der Waals surface area contributed by atoms with E-state index in [1.165, 1.54) is 0 Å². The van der Waals surface area contributed by atoms with E-state index < -0.39 is 0 Å². The molecule has 0 rings (SSSR count). The van der Waals surface area contributed by atoms with Gasteiger partial charge in [-0.2, -0.15) is 0 Å². The zero-order chi connectivity index (χ0) is 11.0. The van der Waals surface area contributed by atoms with Crippen LogP contribution in [0.3, 0.4) is 0 Å². The Morgan fingerprint density at radius 1 is 1.36 bits per heavy atom. The summed E-state index contributed by atoms with van der Waals surface area (Å²) >= 11 is 0. The lowest BCUT2D eigenvalue weighted by molar-refractivity contribution is -0.122. The average Bonchev–Trinajstić information content (AvgIpc) is 2.11. The van der Waals surface area contributed by atoms with E-state index in [9.17, 15) is 4.79 Å². The first-order valence-electron chi connectivity index (χ1n) is 5.32. The zero-order valence-electron chi connectivity index (χ0n) is 9.47. The number of rotatable bonds is 7. The SMILES string of the molecule is CCNCCNC(=O)[C@@H](N)CC(C)C. The van der Waals surface area contributed by atoms with Gasteiger partial charge in [0.1, 0.15) is 0 Å². The molecule has 4 nitrogen and oxygen atoms in total. The van der Waals surface area contributed by atoms with Crippen molar-refractivity contribution in [3.8, 4) is 0 Å². The molecule has 0 aliphatic carbocycles. The van der Waals surface area contributed by atoms with Crippen LogP contribution in [-0.4, -0.2) is 31.6 Å². The normalized spacial score (nSPS) is 12.9. The Labute approximate surface area is 86.6 Å². The van der Waals surface area contributed by atoms with Gasteiger partial charge in [0.2, 0.25) is 5.91 Å². The molecule has 0 aromatic carbocycles. The van der Waals surface area contributed by atoms with Crippen LogP contribution in [0.2, 0.25) is 0 Å². The standard InChI is InChI=1S/C10H23N3O/c1-4-12-5-6-13-10(14)9(11)7-8(2)3/h8-9,12H,4-7,11H2,1-3H3,(H,13,14)/t9-/m0/s1. The number of hydrogen-bond acceptors (Lipinski definition) is 3. The Kier molecular flexibility index (Phi) is 7.42. The van der Waals surface area contributed by atoms with Crippen LogP contribution in [0.1, 0.15) is 27.2 Å². The first-order valence-corrected chi connectivity index (χ1v) is 5.32. The second kappa shape index (κ2) is 7.76. The Bertz CT molecular complexity index is 159. The second-order valence-corrected chi connectivity index (χ2v) is 3.88. The molecule has 0 saturated heterocycles. The van der Waals surface area contributed by atoms with Crippen molar-refractivity contribution in [2.75, 3.05) is 19.6 Å². The Morgan fingerprint density at radius 3 is 2.50 bits per heavy atom.